The van der Waals surface area contributed by atoms with Crippen molar-refractivity contribution in [3.05, 3.63) is 234 Å². The Kier molecular flexibility index (Phi) is 37.0. The molecular weight excluding hydrogens is 1910 g/mol. The summed E-state index contributed by atoms with van der Waals surface area (Å²) in [5, 5.41) is 20.9. The van der Waals surface area contributed by atoms with E-state index in [4.69, 9.17) is 69.6 Å². The minimum Gasteiger partial charge on any atom is -0.355 e. The highest BCUT2D eigenvalue weighted by Crippen LogP contribution is 2.40. The van der Waals surface area contributed by atoms with Crippen molar-refractivity contribution in [2.75, 3.05) is 152 Å². The Balaban J connectivity index is 0.000000147. The van der Waals surface area contributed by atoms with E-state index >= 15 is 0 Å². The Labute approximate surface area is 841 Å². The molecule has 8 aliphatic rings. The van der Waals surface area contributed by atoms with E-state index < -0.39 is 31.5 Å². The summed E-state index contributed by atoms with van der Waals surface area (Å²) in [4.78, 5) is 111. The fraction of sp³-hybridized carbons (Fsp3) is 0.456. The number of halogens is 6. The molecule has 4 aromatic heterocycles. The topological polar surface area (TPSA) is 317 Å². The van der Waals surface area contributed by atoms with Crippen molar-refractivity contribution in [2.45, 2.75) is 176 Å². The number of benzene rings is 5. The van der Waals surface area contributed by atoms with E-state index in [0.717, 1.165) is 140 Å². The van der Waals surface area contributed by atoms with Crippen LogP contribution in [-0.2, 0) is 35.7 Å². The molecule has 138 heavy (non-hydrogen) atoms. The number of aryl methyl sites for hydroxylation is 1. The van der Waals surface area contributed by atoms with E-state index in [1.54, 1.807) is 122 Å². The van der Waals surface area contributed by atoms with Gasteiger partial charge in [0, 0.05) is 189 Å². The van der Waals surface area contributed by atoms with Gasteiger partial charge in [0.2, 0.25) is 11.8 Å². The first kappa shape index (κ1) is 104. The van der Waals surface area contributed by atoms with Crippen molar-refractivity contribution in [3.8, 4) is 0 Å². The van der Waals surface area contributed by atoms with Gasteiger partial charge in [-0.25, -0.2) is 36.8 Å². The van der Waals surface area contributed by atoms with Gasteiger partial charge in [0.25, 0.3) is 23.6 Å². The Bertz CT molecular complexity index is 5990. The summed E-state index contributed by atoms with van der Waals surface area (Å²) in [7, 11) is -4.83. The largest absolute Gasteiger partial charge is 0.355 e. The molecule has 10 heterocycles. The number of likely N-dealkylation sites (N-methyl/N-ethyl adjacent to an activating group) is 1. The molecule has 7 fully saturated rings. The second-order valence-corrected chi connectivity index (χ2v) is 44.5. The number of nitrogens with zero attached hydrogens (tertiary/aromatic N) is 11. The molecule has 0 spiro atoms. The third-order valence-electron chi connectivity index (χ3n) is 27.5. The third-order valence-corrected chi connectivity index (χ3v) is 31.0. The van der Waals surface area contributed by atoms with Gasteiger partial charge in [0.1, 0.15) is 0 Å². The Hall–Kier alpha value is -9.76. The van der Waals surface area contributed by atoms with Crippen molar-refractivity contribution < 1.29 is 45.6 Å². The predicted octanol–water partition coefficient (Wildman–Crippen LogP) is 19.5. The normalized spacial score (nSPS) is 19.0. The van der Waals surface area contributed by atoms with Gasteiger partial charge < -0.3 is 61.3 Å². The molecule has 0 unspecified atom stereocenters. The average Bonchev–Trinajstić information content (AvgIpc) is 0.924. The molecule has 6 amide bonds. The second kappa shape index (κ2) is 49.1. The van der Waals surface area contributed by atoms with Gasteiger partial charge >= 0.3 is 0 Å². The molecule has 6 N–H and O–H groups in total. The first-order valence-corrected chi connectivity index (χ1v) is 54.1. The number of fused-ring (bicyclic) bond motifs is 1. The van der Waals surface area contributed by atoms with E-state index in [9.17, 15) is 45.6 Å². The standard InChI is InChI=1S/C29H31ClN4O4S.C25H32Cl2N4O.C25H31ClN4O4S.C24H31Cl2N5O/c1-39(37,38)23-17-26(33-29(36)21-6-4-7-22(30)16-21)28(31-18-23)34-13-11-19(12-14-34)15-27(35)32-25-10-9-20-5-2-3-8-24(20)25;1-17-5-3-6-18(2)31(17)16-19-9-11-30(12-10-19)24-23(14-22(27)15-28-24)29-25(32)20-7-4-8-21(26)13-20;1-35(33,34)21-15-22(29-25(32)18-5-4-6-19(26)14-18)24(27-16-21)30-11-9-17(10-12-30)13-23(31)28-20-7-2-3-8-20;1-29-8-3-9-30(13-12-29)17-18-6-10-31(11-7-18)23-22(15-21(26)16-27-23)28-24(32)19-4-2-5-20(25)14-19/h2-8,16-19,25H,9-15H2,1H3,(H,32,35)(H,33,36);4,7-8,13-15,17-19H,3,5-6,9-12,16H2,1-2H3,(H,29,32);4-6,14-17,20H,2-3,7-13H2,1H3,(H,28,31)(H,29,32);2,4-5,14-16,18H,3,6-13,17H2,1H3,(H,28,32)/t25-;17-,18+;;/m1.../s1. The zero-order valence-corrected chi connectivity index (χ0v) is 85.1. The highest BCUT2D eigenvalue weighted by atomic mass is 35.5. The van der Waals surface area contributed by atoms with Crippen LogP contribution in [0.3, 0.4) is 0 Å². The lowest BCUT2D eigenvalue weighted by molar-refractivity contribution is -0.123. The van der Waals surface area contributed by atoms with E-state index in [-0.39, 0.29) is 51.3 Å². The maximum atomic E-state index is 12.9. The number of piperidine rings is 5. The maximum absolute atomic E-state index is 12.9. The third kappa shape index (κ3) is 29.7. The zero-order chi connectivity index (χ0) is 97.7. The molecule has 6 aliphatic heterocycles. The number of amides is 6. The van der Waals surface area contributed by atoms with Crippen LogP contribution in [0.2, 0.25) is 30.1 Å². The van der Waals surface area contributed by atoms with Gasteiger partial charge in [-0.15, -0.1) is 0 Å². The number of anilines is 8. The van der Waals surface area contributed by atoms with Gasteiger partial charge in [0.05, 0.1) is 48.6 Å². The van der Waals surface area contributed by atoms with Crippen molar-refractivity contribution in [2.24, 2.45) is 23.7 Å². The molecule has 1 saturated carbocycles. The van der Waals surface area contributed by atoms with Crippen LogP contribution in [0.1, 0.15) is 194 Å². The minimum atomic E-state index is -3.53. The molecule has 5 aromatic carbocycles. The number of carbonyl (C=O) groups is 6. The van der Waals surface area contributed by atoms with Crippen LogP contribution in [0.15, 0.2) is 180 Å². The Morgan fingerprint density at radius 3 is 1.13 bits per heavy atom. The molecule has 9 aromatic rings. The lowest BCUT2D eigenvalue weighted by atomic mass is 9.91. The summed E-state index contributed by atoms with van der Waals surface area (Å²) < 4.78 is 48.6. The molecule has 0 radical (unpaired) electrons. The molecule has 27 nitrogen and oxygen atoms in total. The number of pyridine rings is 4. The quantitative estimate of drug-likeness (QED) is 0.0327. The van der Waals surface area contributed by atoms with Gasteiger partial charge in [-0.1, -0.05) is 137 Å². The zero-order valence-electron chi connectivity index (χ0n) is 78.9. The van der Waals surface area contributed by atoms with Crippen LogP contribution in [0, 0.1) is 23.7 Å². The number of carbonyl (C=O) groups excluding carboxylic acids is 6. The van der Waals surface area contributed by atoms with Crippen molar-refractivity contribution >= 4 is 171 Å². The number of nitrogens with one attached hydrogen (secondary N) is 6. The van der Waals surface area contributed by atoms with Crippen LogP contribution in [0.5, 0.6) is 0 Å². The van der Waals surface area contributed by atoms with E-state index in [1.807, 2.05) is 21.9 Å². The molecular formula is C103H125Cl6N17O10S2. The van der Waals surface area contributed by atoms with Gasteiger partial charge in [-0.3, -0.25) is 33.7 Å². The van der Waals surface area contributed by atoms with E-state index in [0.29, 0.717) is 156 Å². The van der Waals surface area contributed by atoms with Crippen LogP contribution < -0.4 is 51.5 Å². The van der Waals surface area contributed by atoms with Crippen molar-refractivity contribution in [3.63, 3.8) is 0 Å². The highest BCUT2D eigenvalue weighted by molar-refractivity contribution is 7.91. The molecule has 736 valence electrons. The molecule has 6 saturated heterocycles. The SMILES string of the molecule is CN1CCCN(CC2CCN(c3ncc(Cl)cc3NC(=O)c3cccc(Cl)c3)CC2)CC1.CS(=O)(=O)c1cnc(N2CCC(CC(=O)NC3CCCC3)CC2)c(NC(=O)c2cccc(Cl)c2)c1.CS(=O)(=O)c1cnc(N2CCC(CC(=O)N[C@@H]3CCc4ccccc43)CC2)c(NC(=O)c2cccc(Cl)c2)c1.C[C@@H]1CCC[C@H](C)N1CC1CCN(c2ncc(Cl)cc2NC(=O)c2cccc(Cl)c2)CC1. The predicted molar refractivity (Wildman–Crippen MR) is 554 cm³/mol. The fourth-order valence-electron chi connectivity index (χ4n) is 19.8. The second-order valence-electron chi connectivity index (χ2n) is 37.9. The van der Waals surface area contributed by atoms with Crippen LogP contribution in [-0.4, -0.2) is 216 Å². The lowest BCUT2D eigenvalue weighted by Gasteiger charge is -2.43. The summed E-state index contributed by atoms with van der Waals surface area (Å²) in [6, 6.07) is 43.4. The van der Waals surface area contributed by atoms with Gasteiger partial charge in [-0.05, 0) is 262 Å². The van der Waals surface area contributed by atoms with E-state index in [2.05, 4.69) is 109 Å². The Morgan fingerprint density at radius 1 is 0.362 bits per heavy atom. The Morgan fingerprint density at radius 2 is 0.732 bits per heavy atom. The number of aromatic nitrogens is 4. The van der Waals surface area contributed by atoms with Gasteiger partial charge in [-0.2, -0.15) is 0 Å². The number of likely N-dealkylation sites (tertiary alicyclic amines) is 1. The van der Waals surface area contributed by atoms with Gasteiger partial charge in [0.15, 0.2) is 42.9 Å². The van der Waals surface area contributed by atoms with Crippen molar-refractivity contribution in [1.29, 1.82) is 0 Å². The highest BCUT2D eigenvalue weighted by Gasteiger charge is 2.35. The minimum absolute atomic E-state index is 0.0210. The van der Waals surface area contributed by atoms with E-state index in [1.165, 1.54) is 100 Å². The fourth-order valence-corrected chi connectivity index (χ4v) is 22.0. The summed E-state index contributed by atoms with van der Waals surface area (Å²) >= 11 is 36.6. The summed E-state index contributed by atoms with van der Waals surface area (Å²) in [6.07, 6.45) is 28.5. The molecule has 35 heteroatoms. The average molecular weight is 2040 g/mol. The summed E-state index contributed by atoms with van der Waals surface area (Å²) in [6.45, 7) is 18.1. The maximum Gasteiger partial charge on any atom is 0.255 e. The lowest BCUT2D eigenvalue weighted by Crippen LogP contribution is -2.48. The van der Waals surface area contributed by atoms with Crippen molar-refractivity contribution in [1.82, 2.24) is 45.3 Å². The number of sulfone groups is 2. The first-order chi connectivity index (χ1) is 66.2. The van der Waals surface area contributed by atoms with Crippen LogP contribution in [0.4, 0.5) is 46.0 Å². The molecule has 17 rings (SSSR count). The first-order valence-electron chi connectivity index (χ1n) is 48.1. The number of rotatable bonds is 24. The number of hydrogen-bond donors (Lipinski definition) is 6. The number of hydrogen-bond acceptors (Lipinski definition) is 21. The molecule has 3 atom stereocenters. The summed E-state index contributed by atoms with van der Waals surface area (Å²) in [5.41, 5.74) is 6.18. The molecule has 2 aliphatic carbocycles. The van der Waals surface area contributed by atoms with Crippen LogP contribution >= 0.6 is 69.6 Å². The van der Waals surface area contributed by atoms with Crippen LogP contribution in [0.25, 0.3) is 0 Å². The molecule has 0 bridgehead atoms. The summed E-state index contributed by atoms with van der Waals surface area (Å²) in [5.74, 6) is 3.43. The smallest absolute Gasteiger partial charge is 0.255 e. The monoisotopic (exact) mass is 2030 g/mol.